The van der Waals surface area contributed by atoms with E-state index in [1.54, 1.807) is 36.5 Å². The number of nitrogens with zero attached hydrogens (tertiary/aromatic N) is 2. The molecule has 5 nitrogen and oxygen atoms in total. The molecule has 2 aromatic rings. The smallest absolute Gasteiger partial charge is 0.272 e. The second kappa shape index (κ2) is 5.77. The maximum Gasteiger partial charge on any atom is 0.272 e. The summed E-state index contributed by atoms with van der Waals surface area (Å²) in [6.45, 7) is 1.91. The third-order valence-electron chi connectivity index (χ3n) is 2.48. The molecule has 1 aromatic carbocycles. The third-order valence-corrected chi connectivity index (χ3v) is 2.48. The van der Waals surface area contributed by atoms with Crippen molar-refractivity contribution in [2.75, 3.05) is 0 Å². The summed E-state index contributed by atoms with van der Waals surface area (Å²) in [5.74, 6) is -0.235. The van der Waals surface area contributed by atoms with Crippen LogP contribution in [0.5, 0.6) is 5.75 Å². The normalized spacial score (nSPS) is 10.6. The fourth-order valence-corrected chi connectivity index (χ4v) is 1.50. The zero-order chi connectivity index (χ0) is 13.7. The number of rotatable bonds is 3. The molecule has 1 heterocycles. The van der Waals surface area contributed by atoms with Crippen LogP contribution in [0.25, 0.3) is 0 Å². The molecule has 0 saturated heterocycles. The molecule has 2 rings (SSSR count). The molecular formula is C14H13N3O2. The molecule has 1 amide bonds. The highest BCUT2D eigenvalue weighted by molar-refractivity contribution is 5.94. The highest BCUT2D eigenvalue weighted by atomic mass is 16.3. The molecule has 0 spiro atoms. The first-order valence-corrected chi connectivity index (χ1v) is 5.70. The summed E-state index contributed by atoms with van der Waals surface area (Å²) in [5.41, 5.74) is 4.34. The number of hydrazone groups is 1. The van der Waals surface area contributed by atoms with Crippen molar-refractivity contribution in [1.82, 2.24) is 10.4 Å². The van der Waals surface area contributed by atoms with Gasteiger partial charge in [0.25, 0.3) is 5.91 Å². The van der Waals surface area contributed by atoms with Gasteiger partial charge in [-0.05, 0) is 31.2 Å². The standard InChI is InChI=1S/C14H13N3O2/c1-10-4-5-13(18)12(7-10)9-16-17-14(19)11-3-2-6-15-8-11/h2-9,18H,1H3,(H,17,19)/b16-9+. The highest BCUT2D eigenvalue weighted by Gasteiger charge is 2.03. The number of carbonyl (C=O) groups is 1. The van der Waals surface area contributed by atoms with Crippen molar-refractivity contribution in [3.05, 3.63) is 59.4 Å². The minimum absolute atomic E-state index is 0.116. The lowest BCUT2D eigenvalue weighted by Gasteiger charge is -2.01. The van der Waals surface area contributed by atoms with Gasteiger partial charge in [-0.3, -0.25) is 9.78 Å². The second-order valence-electron chi connectivity index (χ2n) is 4.00. The fourth-order valence-electron chi connectivity index (χ4n) is 1.50. The molecule has 0 radical (unpaired) electrons. The number of hydrogen-bond acceptors (Lipinski definition) is 4. The van der Waals surface area contributed by atoms with Crippen LogP contribution < -0.4 is 5.43 Å². The summed E-state index contributed by atoms with van der Waals surface area (Å²) < 4.78 is 0. The van der Waals surface area contributed by atoms with Crippen LogP contribution in [0.4, 0.5) is 0 Å². The van der Waals surface area contributed by atoms with Crippen molar-refractivity contribution in [2.24, 2.45) is 5.10 Å². The Kier molecular flexibility index (Phi) is 3.87. The van der Waals surface area contributed by atoms with Gasteiger partial charge in [0.2, 0.25) is 0 Å². The number of aromatic nitrogens is 1. The minimum atomic E-state index is -0.350. The average molecular weight is 255 g/mol. The zero-order valence-corrected chi connectivity index (χ0v) is 10.4. The Labute approximate surface area is 110 Å². The van der Waals surface area contributed by atoms with Crippen molar-refractivity contribution < 1.29 is 9.90 Å². The van der Waals surface area contributed by atoms with Crippen LogP contribution in [0.2, 0.25) is 0 Å². The number of aryl methyl sites for hydroxylation is 1. The Balaban J connectivity index is 2.04. The van der Waals surface area contributed by atoms with Crippen molar-refractivity contribution >= 4 is 12.1 Å². The minimum Gasteiger partial charge on any atom is -0.507 e. The molecule has 1 aromatic heterocycles. The van der Waals surface area contributed by atoms with Crippen LogP contribution in [-0.2, 0) is 0 Å². The number of phenolic OH excluding ortho intramolecular Hbond substituents is 1. The second-order valence-corrected chi connectivity index (χ2v) is 4.00. The predicted octanol–water partition coefficient (Wildman–Crippen LogP) is 1.86. The van der Waals surface area contributed by atoms with Crippen molar-refractivity contribution in [2.45, 2.75) is 6.92 Å². The van der Waals surface area contributed by atoms with E-state index in [0.717, 1.165) is 5.56 Å². The third kappa shape index (κ3) is 3.38. The summed E-state index contributed by atoms with van der Waals surface area (Å²) in [6, 6.07) is 8.46. The van der Waals surface area contributed by atoms with Crippen LogP contribution in [0, 0.1) is 6.92 Å². The van der Waals surface area contributed by atoms with Gasteiger partial charge < -0.3 is 5.11 Å². The molecule has 0 saturated carbocycles. The van der Waals surface area contributed by atoms with E-state index in [1.165, 1.54) is 12.4 Å². The van der Waals surface area contributed by atoms with Crippen LogP contribution in [0.3, 0.4) is 0 Å². The molecule has 96 valence electrons. The number of benzene rings is 1. The summed E-state index contributed by atoms with van der Waals surface area (Å²) in [6.07, 6.45) is 4.44. The topological polar surface area (TPSA) is 74.6 Å². The van der Waals surface area contributed by atoms with E-state index in [2.05, 4.69) is 15.5 Å². The van der Waals surface area contributed by atoms with E-state index in [-0.39, 0.29) is 11.7 Å². The summed E-state index contributed by atoms with van der Waals surface area (Å²) in [5, 5.41) is 13.4. The lowest BCUT2D eigenvalue weighted by Crippen LogP contribution is -2.17. The molecular weight excluding hydrogens is 242 g/mol. The molecule has 0 aliphatic rings. The van der Waals surface area contributed by atoms with Gasteiger partial charge in [0, 0.05) is 18.0 Å². The molecule has 19 heavy (non-hydrogen) atoms. The number of hydrogen-bond donors (Lipinski definition) is 2. The van der Waals surface area contributed by atoms with Gasteiger partial charge in [-0.15, -0.1) is 0 Å². The summed E-state index contributed by atoms with van der Waals surface area (Å²) in [7, 11) is 0. The number of nitrogens with one attached hydrogen (secondary N) is 1. The monoisotopic (exact) mass is 255 g/mol. The van der Waals surface area contributed by atoms with Crippen LogP contribution >= 0.6 is 0 Å². The molecule has 0 aliphatic carbocycles. The first-order chi connectivity index (χ1) is 9.16. The van der Waals surface area contributed by atoms with Crippen LogP contribution in [0.1, 0.15) is 21.5 Å². The summed E-state index contributed by atoms with van der Waals surface area (Å²) >= 11 is 0. The van der Waals surface area contributed by atoms with E-state index in [4.69, 9.17) is 0 Å². The molecule has 5 heteroatoms. The van der Waals surface area contributed by atoms with E-state index in [1.807, 2.05) is 6.92 Å². The number of carbonyl (C=O) groups excluding carboxylic acids is 1. The van der Waals surface area contributed by atoms with Gasteiger partial charge in [-0.2, -0.15) is 5.10 Å². The number of pyridine rings is 1. The molecule has 0 aliphatic heterocycles. The van der Waals surface area contributed by atoms with Crippen molar-refractivity contribution in [3.8, 4) is 5.75 Å². The first-order valence-electron chi connectivity index (χ1n) is 5.70. The number of amides is 1. The Morgan fingerprint density at radius 2 is 2.26 bits per heavy atom. The largest absolute Gasteiger partial charge is 0.507 e. The maximum absolute atomic E-state index is 11.7. The van der Waals surface area contributed by atoms with Crippen LogP contribution in [0.15, 0.2) is 47.8 Å². The zero-order valence-electron chi connectivity index (χ0n) is 10.4. The van der Waals surface area contributed by atoms with E-state index >= 15 is 0 Å². The van der Waals surface area contributed by atoms with Gasteiger partial charge in [0.05, 0.1) is 11.8 Å². The lowest BCUT2D eigenvalue weighted by atomic mass is 10.1. The molecule has 0 bridgehead atoms. The van der Waals surface area contributed by atoms with Crippen molar-refractivity contribution in [1.29, 1.82) is 0 Å². The number of aromatic hydroxyl groups is 1. The SMILES string of the molecule is Cc1ccc(O)c(/C=N/NC(=O)c2cccnc2)c1. The fraction of sp³-hybridized carbons (Fsp3) is 0.0714. The summed E-state index contributed by atoms with van der Waals surface area (Å²) in [4.78, 5) is 15.5. The van der Waals surface area contributed by atoms with Gasteiger partial charge in [-0.25, -0.2) is 5.43 Å². The quantitative estimate of drug-likeness (QED) is 0.649. The predicted molar refractivity (Wildman–Crippen MR) is 72.1 cm³/mol. The number of phenols is 1. The average Bonchev–Trinajstić information content (AvgIpc) is 2.43. The first kappa shape index (κ1) is 12.8. The van der Waals surface area contributed by atoms with Gasteiger partial charge in [-0.1, -0.05) is 11.6 Å². The Morgan fingerprint density at radius 1 is 1.42 bits per heavy atom. The van der Waals surface area contributed by atoms with E-state index < -0.39 is 0 Å². The van der Waals surface area contributed by atoms with Crippen molar-refractivity contribution in [3.63, 3.8) is 0 Å². The molecule has 0 atom stereocenters. The Bertz CT molecular complexity index is 609. The van der Waals surface area contributed by atoms with Gasteiger partial charge in [0.1, 0.15) is 5.75 Å². The molecule has 2 N–H and O–H groups in total. The molecule has 0 unspecified atom stereocenters. The van der Waals surface area contributed by atoms with E-state index in [9.17, 15) is 9.90 Å². The Hall–Kier alpha value is -2.69. The van der Waals surface area contributed by atoms with E-state index in [0.29, 0.717) is 11.1 Å². The van der Waals surface area contributed by atoms with Gasteiger partial charge in [0.15, 0.2) is 0 Å². The Morgan fingerprint density at radius 3 is 3.00 bits per heavy atom. The van der Waals surface area contributed by atoms with Gasteiger partial charge >= 0.3 is 0 Å². The highest BCUT2D eigenvalue weighted by Crippen LogP contribution is 2.15. The lowest BCUT2D eigenvalue weighted by molar-refractivity contribution is 0.0954. The van der Waals surface area contributed by atoms with Crippen LogP contribution in [-0.4, -0.2) is 22.2 Å². The maximum atomic E-state index is 11.7. The molecule has 0 fully saturated rings.